The van der Waals surface area contributed by atoms with Gasteiger partial charge in [0.05, 0.1) is 11.3 Å². The van der Waals surface area contributed by atoms with Gasteiger partial charge in [-0.05, 0) is 49.6 Å². The molecule has 1 aromatic heterocycles. The van der Waals surface area contributed by atoms with Gasteiger partial charge in [-0.3, -0.25) is 9.63 Å². The lowest BCUT2D eigenvalue weighted by molar-refractivity contribution is 0.0255. The maximum atomic E-state index is 14.0. The van der Waals surface area contributed by atoms with Crippen molar-refractivity contribution in [2.24, 2.45) is 0 Å². The normalized spacial score (nSPS) is 22.1. The van der Waals surface area contributed by atoms with Gasteiger partial charge in [0.15, 0.2) is 0 Å². The molecule has 5 nitrogen and oxygen atoms in total. The average Bonchev–Trinajstić information content (AvgIpc) is 3.21. The summed E-state index contributed by atoms with van der Waals surface area (Å²) in [6.45, 7) is 3.49. The fraction of sp³-hybridized carbons (Fsp3) is 0.286. The highest BCUT2D eigenvalue weighted by Gasteiger charge is 2.30. The number of rotatable bonds is 2. The van der Waals surface area contributed by atoms with Crippen molar-refractivity contribution in [3.05, 3.63) is 58.9 Å². The molecule has 0 aliphatic carbocycles. The number of aromatic amines is 1. The molecule has 0 radical (unpaired) electrons. The van der Waals surface area contributed by atoms with E-state index in [-0.39, 0.29) is 12.1 Å². The smallest absolute Gasteiger partial charge is 0.275 e. The highest BCUT2D eigenvalue weighted by atomic mass is 19.1. The Morgan fingerprint density at radius 1 is 1.19 bits per heavy atom. The Hall–Kier alpha value is -2.70. The van der Waals surface area contributed by atoms with Gasteiger partial charge in [-0.15, -0.1) is 0 Å². The van der Waals surface area contributed by atoms with E-state index in [9.17, 15) is 9.18 Å². The topological polar surface area (TPSA) is 66.1 Å². The Kier molecular flexibility index (Phi) is 3.60. The quantitative estimate of drug-likeness (QED) is 0.648. The number of H-pyrrole nitrogens is 1. The van der Waals surface area contributed by atoms with Gasteiger partial charge in [-0.25, -0.2) is 9.87 Å². The highest BCUT2D eigenvalue weighted by molar-refractivity contribution is 6.09. The zero-order valence-electron chi connectivity index (χ0n) is 15.0. The largest absolute Gasteiger partial charge is 0.354 e. The van der Waals surface area contributed by atoms with Crippen molar-refractivity contribution >= 4 is 16.8 Å². The fourth-order valence-electron chi connectivity index (χ4n) is 4.31. The zero-order valence-corrected chi connectivity index (χ0v) is 15.0. The fourth-order valence-corrected chi connectivity index (χ4v) is 4.31. The van der Waals surface area contributed by atoms with E-state index >= 15 is 0 Å². The number of hydrogen-bond donors (Lipinski definition) is 3. The van der Waals surface area contributed by atoms with Gasteiger partial charge in [-0.2, -0.15) is 0 Å². The van der Waals surface area contributed by atoms with Crippen LogP contribution in [0.3, 0.4) is 0 Å². The molecule has 0 saturated carbocycles. The van der Waals surface area contributed by atoms with Gasteiger partial charge in [0.1, 0.15) is 12.4 Å². The summed E-state index contributed by atoms with van der Waals surface area (Å²) in [6, 6.07) is 11.1. The van der Waals surface area contributed by atoms with Crippen LogP contribution in [-0.2, 0) is 17.0 Å². The summed E-state index contributed by atoms with van der Waals surface area (Å²) in [4.78, 5) is 20.8. The van der Waals surface area contributed by atoms with Crippen LogP contribution in [0.5, 0.6) is 0 Å². The van der Waals surface area contributed by atoms with Crippen molar-refractivity contribution in [2.75, 3.05) is 6.54 Å². The molecule has 0 bridgehead atoms. The van der Waals surface area contributed by atoms with Crippen molar-refractivity contribution in [3.8, 4) is 11.3 Å². The first-order valence-corrected chi connectivity index (χ1v) is 9.17. The van der Waals surface area contributed by atoms with E-state index in [2.05, 4.69) is 47.0 Å². The third-order valence-electron chi connectivity index (χ3n) is 5.77. The molecule has 0 unspecified atom stereocenters. The van der Waals surface area contributed by atoms with Crippen LogP contribution in [0.4, 0.5) is 4.39 Å². The van der Waals surface area contributed by atoms with Gasteiger partial charge in [0.2, 0.25) is 0 Å². The number of amides is 1. The van der Waals surface area contributed by atoms with Crippen LogP contribution in [0.25, 0.3) is 22.2 Å². The Morgan fingerprint density at radius 3 is 2.74 bits per heavy atom. The van der Waals surface area contributed by atoms with Crippen LogP contribution in [0.15, 0.2) is 36.4 Å². The van der Waals surface area contributed by atoms with Crippen LogP contribution in [0, 0.1) is 5.82 Å². The Bertz CT molecular complexity index is 1050. The SMILES string of the molecule is C[C@@]1(c2ccc(-c3[nH]c4cc(F)cc5c4c3CONC5=O)cc2)CCCN1. The third-order valence-corrected chi connectivity index (χ3v) is 5.77. The molecule has 1 atom stereocenters. The van der Waals surface area contributed by atoms with Crippen molar-refractivity contribution in [3.63, 3.8) is 0 Å². The summed E-state index contributed by atoms with van der Waals surface area (Å²) in [5.41, 5.74) is 7.22. The number of nitrogens with one attached hydrogen (secondary N) is 3. The summed E-state index contributed by atoms with van der Waals surface area (Å²) in [5.74, 6) is -0.885. The number of carbonyl (C=O) groups excluding carboxylic acids is 1. The van der Waals surface area contributed by atoms with Crippen LogP contribution < -0.4 is 10.8 Å². The number of hydroxylamine groups is 1. The first-order valence-electron chi connectivity index (χ1n) is 9.17. The third kappa shape index (κ3) is 2.56. The predicted octanol–water partition coefficient (Wildman–Crippen LogP) is 3.75. The zero-order chi connectivity index (χ0) is 18.6. The maximum Gasteiger partial charge on any atom is 0.275 e. The molecule has 1 fully saturated rings. The molecule has 5 rings (SSSR count). The molecule has 3 N–H and O–H groups in total. The molecule has 3 aromatic rings. The monoisotopic (exact) mass is 365 g/mol. The summed E-state index contributed by atoms with van der Waals surface area (Å²) in [7, 11) is 0. The molecule has 27 heavy (non-hydrogen) atoms. The molecule has 138 valence electrons. The number of carbonyl (C=O) groups is 1. The van der Waals surface area contributed by atoms with Crippen molar-refractivity contribution < 1.29 is 14.0 Å². The van der Waals surface area contributed by atoms with Crippen LogP contribution in [0.1, 0.15) is 41.3 Å². The van der Waals surface area contributed by atoms with Gasteiger partial charge < -0.3 is 10.3 Å². The minimum Gasteiger partial charge on any atom is -0.354 e. The molecule has 2 aliphatic rings. The lowest BCUT2D eigenvalue weighted by Crippen LogP contribution is -2.32. The number of hydrogen-bond acceptors (Lipinski definition) is 3. The van der Waals surface area contributed by atoms with E-state index in [0.29, 0.717) is 11.1 Å². The second-order valence-corrected chi connectivity index (χ2v) is 7.51. The summed E-state index contributed by atoms with van der Waals surface area (Å²) >= 11 is 0. The van der Waals surface area contributed by atoms with Gasteiger partial charge in [0, 0.05) is 22.0 Å². The van der Waals surface area contributed by atoms with E-state index in [0.717, 1.165) is 35.2 Å². The van der Waals surface area contributed by atoms with E-state index in [1.807, 2.05) is 0 Å². The second kappa shape index (κ2) is 5.90. The molecule has 1 amide bonds. The van der Waals surface area contributed by atoms with Crippen molar-refractivity contribution in [1.82, 2.24) is 15.8 Å². The maximum absolute atomic E-state index is 14.0. The predicted molar refractivity (Wildman–Crippen MR) is 101 cm³/mol. The van der Waals surface area contributed by atoms with Crippen molar-refractivity contribution in [1.29, 1.82) is 0 Å². The summed E-state index contributed by atoms with van der Waals surface area (Å²) < 4.78 is 14.0. The van der Waals surface area contributed by atoms with E-state index in [4.69, 9.17) is 4.84 Å². The number of halogens is 1. The molecular weight excluding hydrogens is 345 g/mol. The molecule has 2 aromatic carbocycles. The average molecular weight is 365 g/mol. The molecule has 6 heteroatoms. The number of benzene rings is 2. The lowest BCUT2D eigenvalue weighted by Gasteiger charge is -2.25. The van der Waals surface area contributed by atoms with Gasteiger partial charge >= 0.3 is 0 Å². The van der Waals surface area contributed by atoms with Crippen molar-refractivity contribution in [2.45, 2.75) is 31.9 Å². The summed E-state index contributed by atoms with van der Waals surface area (Å²) in [6.07, 6.45) is 2.30. The first-order chi connectivity index (χ1) is 13.0. The molecule has 0 spiro atoms. The Labute approximate surface area is 155 Å². The molecule has 2 aliphatic heterocycles. The van der Waals surface area contributed by atoms with E-state index in [1.165, 1.54) is 24.1 Å². The van der Waals surface area contributed by atoms with Crippen LogP contribution in [0.2, 0.25) is 0 Å². The molecule has 1 saturated heterocycles. The lowest BCUT2D eigenvalue weighted by atomic mass is 9.89. The van der Waals surface area contributed by atoms with Gasteiger partial charge in [0.25, 0.3) is 5.91 Å². The minimum atomic E-state index is -0.454. The highest BCUT2D eigenvalue weighted by Crippen LogP contribution is 2.36. The molecule has 3 heterocycles. The van der Waals surface area contributed by atoms with E-state index < -0.39 is 11.7 Å². The van der Waals surface area contributed by atoms with Crippen LogP contribution in [-0.4, -0.2) is 17.4 Å². The standard InChI is InChI=1S/C21H20FN3O2/c1-21(7-2-8-23-21)13-5-3-12(4-6-13)19-16-11-27-25-20(26)15-9-14(22)10-17(24-19)18(15)16/h3-6,9-10,23-24H,2,7-8,11H2,1H3,(H,25,26)/t21-/m0/s1. The first kappa shape index (κ1) is 16.5. The van der Waals surface area contributed by atoms with Crippen LogP contribution >= 0.6 is 0 Å². The minimum absolute atomic E-state index is 0.0144. The second-order valence-electron chi connectivity index (χ2n) is 7.51. The van der Waals surface area contributed by atoms with E-state index in [1.54, 1.807) is 0 Å². The van der Waals surface area contributed by atoms with Gasteiger partial charge in [-0.1, -0.05) is 24.3 Å². The number of aromatic nitrogens is 1. The molecular formula is C21H20FN3O2. The Morgan fingerprint density at radius 2 is 2.00 bits per heavy atom. The summed E-state index contributed by atoms with van der Waals surface area (Å²) in [5, 5.41) is 4.29. The Balaban J connectivity index is 1.64.